The predicted molar refractivity (Wildman–Crippen MR) is 109 cm³/mol. The van der Waals surface area contributed by atoms with Crippen LogP contribution in [0.3, 0.4) is 0 Å². The number of carbonyl (C=O) groups excluding carboxylic acids is 2. The highest BCUT2D eigenvalue weighted by molar-refractivity contribution is 7.20. The van der Waals surface area contributed by atoms with E-state index in [0.717, 1.165) is 28.0 Å². The summed E-state index contributed by atoms with van der Waals surface area (Å²) >= 11 is 1.22. The van der Waals surface area contributed by atoms with Crippen LogP contribution in [0.5, 0.6) is 0 Å². The number of aryl methyl sites for hydroxylation is 1. The van der Waals surface area contributed by atoms with E-state index < -0.39 is 34.9 Å². The molecule has 1 aromatic carbocycles. The van der Waals surface area contributed by atoms with Crippen molar-refractivity contribution in [2.75, 3.05) is 11.9 Å². The summed E-state index contributed by atoms with van der Waals surface area (Å²) in [6, 6.07) is 4.42. The Kier molecular flexibility index (Phi) is 6.11. The van der Waals surface area contributed by atoms with Gasteiger partial charge in [-0.1, -0.05) is 13.8 Å². The van der Waals surface area contributed by atoms with Gasteiger partial charge in [-0.05, 0) is 31.0 Å². The van der Waals surface area contributed by atoms with Crippen LogP contribution in [0, 0.1) is 28.8 Å². The Morgan fingerprint density at radius 2 is 2.10 bits per heavy atom. The van der Waals surface area contributed by atoms with Gasteiger partial charge in [-0.3, -0.25) is 19.6 Å². The molecule has 0 bridgehead atoms. The third-order valence-electron chi connectivity index (χ3n) is 4.11. The van der Waals surface area contributed by atoms with Gasteiger partial charge < -0.3 is 10.1 Å². The fourth-order valence-electron chi connectivity index (χ4n) is 2.83. The molecule has 0 aliphatic heterocycles. The summed E-state index contributed by atoms with van der Waals surface area (Å²) in [6.07, 6.45) is 0. The van der Waals surface area contributed by atoms with Crippen LogP contribution in [0.15, 0.2) is 24.3 Å². The Morgan fingerprint density at radius 1 is 1.37 bits per heavy atom. The molecular weight excluding hydrogens is 415 g/mol. The monoisotopic (exact) mass is 434 g/mol. The lowest BCUT2D eigenvalue weighted by Crippen LogP contribution is -2.21. The smallest absolute Gasteiger partial charge is 0.348 e. The van der Waals surface area contributed by atoms with Gasteiger partial charge in [0.05, 0.1) is 16.7 Å². The molecule has 0 saturated carbocycles. The summed E-state index contributed by atoms with van der Waals surface area (Å²) < 4.78 is 20.1. The summed E-state index contributed by atoms with van der Waals surface area (Å²) in [6.45, 7) is 6.05. The van der Waals surface area contributed by atoms with Crippen molar-refractivity contribution < 1.29 is 23.6 Å². The van der Waals surface area contributed by atoms with E-state index in [1.54, 1.807) is 6.07 Å². The standard InChI is InChI=1S/C19H19FN4O5S/c1-10(2)8-23-18-13(11(3)22-23)7-16(30-18)19(26)29-9-17(25)21-14-5-4-12(20)6-15(14)24(27)28/h4-7,10H,8-9H2,1-3H3,(H,21,25). The van der Waals surface area contributed by atoms with Crippen molar-refractivity contribution in [2.24, 2.45) is 5.92 Å². The number of hydrogen-bond acceptors (Lipinski definition) is 7. The highest BCUT2D eigenvalue weighted by Crippen LogP contribution is 2.29. The maximum absolute atomic E-state index is 13.2. The molecule has 11 heteroatoms. The van der Waals surface area contributed by atoms with E-state index in [1.165, 1.54) is 11.3 Å². The minimum Gasteiger partial charge on any atom is -0.451 e. The second-order valence-electron chi connectivity index (χ2n) is 7.03. The Morgan fingerprint density at radius 3 is 2.77 bits per heavy atom. The average Bonchev–Trinajstić information content (AvgIpc) is 3.22. The number of nitro benzene ring substituents is 1. The number of nitrogens with one attached hydrogen (secondary N) is 1. The first-order chi connectivity index (χ1) is 14.2. The highest BCUT2D eigenvalue weighted by atomic mass is 32.1. The maximum Gasteiger partial charge on any atom is 0.348 e. The molecule has 9 nitrogen and oxygen atoms in total. The zero-order valence-corrected chi connectivity index (χ0v) is 17.3. The number of amides is 1. The highest BCUT2D eigenvalue weighted by Gasteiger charge is 2.20. The van der Waals surface area contributed by atoms with Crippen molar-refractivity contribution in [3.63, 3.8) is 0 Å². The zero-order chi connectivity index (χ0) is 22.0. The average molecular weight is 434 g/mol. The third-order valence-corrected chi connectivity index (χ3v) is 5.24. The lowest BCUT2D eigenvalue weighted by atomic mass is 10.2. The topological polar surface area (TPSA) is 116 Å². The molecule has 1 N–H and O–H groups in total. The molecule has 0 radical (unpaired) electrons. The van der Waals surface area contributed by atoms with Crippen LogP contribution in [-0.4, -0.2) is 33.2 Å². The van der Waals surface area contributed by atoms with E-state index in [4.69, 9.17) is 4.74 Å². The predicted octanol–water partition coefficient (Wildman–Crippen LogP) is 3.91. The van der Waals surface area contributed by atoms with E-state index in [1.807, 2.05) is 11.6 Å². The van der Waals surface area contributed by atoms with Gasteiger partial charge in [-0.25, -0.2) is 9.18 Å². The number of nitrogens with zero attached hydrogens (tertiary/aromatic N) is 3. The summed E-state index contributed by atoms with van der Waals surface area (Å²) in [7, 11) is 0. The number of thiophene rings is 1. The Hall–Kier alpha value is -3.34. The normalized spacial score (nSPS) is 11.1. The van der Waals surface area contributed by atoms with Gasteiger partial charge in [0.15, 0.2) is 6.61 Å². The Labute approximate surface area is 174 Å². The molecular formula is C19H19FN4O5S. The number of aromatic nitrogens is 2. The van der Waals surface area contributed by atoms with Crippen LogP contribution in [0.1, 0.15) is 29.2 Å². The molecule has 2 heterocycles. The fourth-order valence-corrected chi connectivity index (χ4v) is 3.90. The first-order valence-corrected chi connectivity index (χ1v) is 9.85. The third kappa shape index (κ3) is 4.62. The number of halogens is 1. The van der Waals surface area contributed by atoms with Crippen LogP contribution >= 0.6 is 11.3 Å². The largest absolute Gasteiger partial charge is 0.451 e. The lowest BCUT2D eigenvalue weighted by molar-refractivity contribution is -0.384. The van der Waals surface area contributed by atoms with Crippen molar-refractivity contribution in [3.8, 4) is 0 Å². The number of anilines is 1. The summed E-state index contributed by atoms with van der Waals surface area (Å²) in [4.78, 5) is 35.7. The van der Waals surface area contributed by atoms with Crippen molar-refractivity contribution in [3.05, 3.63) is 50.8 Å². The van der Waals surface area contributed by atoms with Gasteiger partial charge in [0.2, 0.25) is 0 Å². The first kappa shape index (κ1) is 21.4. The number of hydrogen-bond donors (Lipinski definition) is 1. The van der Waals surface area contributed by atoms with E-state index in [-0.39, 0.29) is 5.69 Å². The van der Waals surface area contributed by atoms with Gasteiger partial charge in [0.25, 0.3) is 11.6 Å². The molecule has 0 atom stereocenters. The SMILES string of the molecule is Cc1nn(CC(C)C)c2sc(C(=O)OCC(=O)Nc3ccc(F)cc3[N+](=O)[O-])cc12. The van der Waals surface area contributed by atoms with E-state index in [9.17, 15) is 24.1 Å². The summed E-state index contributed by atoms with van der Waals surface area (Å²) in [5.74, 6) is -1.89. The second-order valence-corrected chi connectivity index (χ2v) is 8.06. The molecule has 158 valence electrons. The van der Waals surface area contributed by atoms with Gasteiger partial charge in [-0.15, -0.1) is 11.3 Å². The van der Waals surface area contributed by atoms with Gasteiger partial charge in [-0.2, -0.15) is 5.10 Å². The lowest BCUT2D eigenvalue weighted by Gasteiger charge is -2.07. The Balaban J connectivity index is 1.67. The molecule has 0 fully saturated rings. The number of ether oxygens (including phenoxy) is 1. The summed E-state index contributed by atoms with van der Waals surface area (Å²) in [5, 5.41) is 18.6. The number of esters is 1. The fraction of sp³-hybridized carbons (Fsp3) is 0.316. The minimum absolute atomic E-state index is 0.186. The molecule has 1 amide bonds. The van der Waals surface area contributed by atoms with Gasteiger partial charge in [0, 0.05) is 11.9 Å². The molecule has 3 aromatic rings. The summed E-state index contributed by atoms with van der Waals surface area (Å²) in [5.41, 5.74) is 0.0142. The molecule has 0 unspecified atom stereocenters. The van der Waals surface area contributed by atoms with E-state index in [2.05, 4.69) is 24.3 Å². The molecule has 0 aliphatic carbocycles. The van der Waals surface area contributed by atoms with Crippen molar-refractivity contribution >= 4 is 44.8 Å². The van der Waals surface area contributed by atoms with Gasteiger partial charge in [0.1, 0.15) is 21.2 Å². The van der Waals surface area contributed by atoms with E-state index >= 15 is 0 Å². The van der Waals surface area contributed by atoms with E-state index in [0.29, 0.717) is 23.4 Å². The zero-order valence-electron chi connectivity index (χ0n) is 16.5. The van der Waals surface area contributed by atoms with Crippen LogP contribution < -0.4 is 5.32 Å². The first-order valence-electron chi connectivity index (χ1n) is 9.03. The second kappa shape index (κ2) is 8.57. The molecule has 2 aromatic heterocycles. The molecule has 0 spiro atoms. The van der Waals surface area contributed by atoms with Crippen LogP contribution in [0.2, 0.25) is 0 Å². The number of nitro groups is 1. The number of fused-ring (bicyclic) bond motifs is 1. The molecule has 0 saturated heterocycles. The molecule has 3 rings (SSSR count). The van der Waals surface area contributed by atoms with Crippen molar-refractivity contribution in [1.29, 1.82) is 0 Å². The van der Waals surface area contributed by atoms with Crippen molar-refractivity contribution in [1.82, 2.24) is 9.78 Å². The number of carbonyl (C=O) groups is 2. The quantitative estimate of drug-likeness (QED) is 0.342. The van der Waals surface area contributed by atoms with Crippen LogP contribution in [0.4, 0.5) is 15.8 Å². The van der Waals surface area contributed by atoms with Gasteiger partial charge >= 0.3 is 5.97 Å². The number of rotatable bonds is 7. The number of benzene rings is 1. The molecule has 0 aliphatic rings. The Bertz CT molecular complexity index is 1140. The van der Waals surface area contributed by atoms with Crippen LogP contribution in [0.25, 0.3) is 10.2 Å². The molecule has 30 heavy (non-hydrogen) atoms. The van der Waals surface area contributed by atoms with Crippen LogP contribution in [-0.2, 0) is 16.1 Å². The minimum atomic E-state index is -0.815. The van der Waals surface area contributed by atoms with Crippen molar-refractivity contribution in [2.45, 2.75) is 27.3 Å². The maximum atomic E-state index is 13.2.